The molecule has 1 N–H and O–H groups in total. The van der Waals surface area contributed by atoms with Crippen molar-refractivity contribution >= 4 is 16.7 Å². The van der Waals surface area contributed by atoms with Crippen LogP contribution in [0, 0.1) is 0 Å². The molecule has 4 heteroatoms. The van der Waals surface area contributed by atoms with Crippen molar-refractivity contribution in [2.45, 2.75) is 6.10 Å². The smallest absolute Gasteiger partial charge is 0.251 e. The number of amides is 1. The van der Waals surface area contributed by atoms with Gasteiger partial charge in [-0.15, -0.1) is 0 Å². The maximum Gasteiger partial charge on any atom is 0.251 e. The predicted molar refractivity (Wildman–Crippen MR) is 108 cm³/mol. The van der Waals surface area contributed by atoms with Crippen LogP contribution in [-0.4, -0.2) is 43.6 Å². The Labute approximate surface area is 159 Å². The van der Waals surface area contributed by atoms with Gasteiger partial charge < -0.3 is 10.1 Å². The van der Waals surface area contributed by atoms with E-state index in [9.17, 15) is 4.79 Å². The third-order valence-corrected chi connectivity index (χ3v) is 5.05. The predicted octanol–water partition coefficient (Wildman–Crippen LogP) is 3.64. The molecular weight excluding hydrogens is 336 g/mol. The van der Waals surface area contributed by atoms with Gasteiger partial charge in [0, 0.05) is 31.7 Å². The molecule has 3 aromatic rings. The molecule has 1 saturated heterocycles. The molecule has 1 atom stereocenters. The van der Waals surface area contributed by atoms with Gasteiger partial charge in [0.05, 0.1) is 12.7 Å². The number of carbonyl (C=O) groups excluding carboxylic acids is 1. The van der Waals surface area contributed by atoms with E-state index in [4.69, 9.17) is 4.74 Å². The van der Waals surface area contributed by atoms with Crippen LogP contribution in [0.5, 0.6) is 0 Å². The fraction of sp³-hybridized carbons (Fsp3) is 0.261. The van der Waals surface area contributed by atoms with E-state index in [-0.39, 0.29) is 12.0 Å². The fourth-order valence-corrected chi connectivity index (χ4v) is 3.54. The first-order chi connectivity index (χ1) is 13.3. The molecule has 1 fully saturated rings. The molecule has 1 aliphatic heterocycles. The molecule has 0 aromatic heterocycles. The van der Waals surface area contributed by atoms with Crippen molar-refractivity contribution in [3.8, 4) is 0 Å². The van der Waals surface area contributed by atoms with Crippen LogP contribution in [0.4, 0.5) is 0 Å². The second-order valence-electron chi connectivity index (χ2n) is 6.89. The number of hydrogen-bond donors (Lipinski definition) is 1. The van der Waals surface area contributed by atoms with Gasteiger partial charge in [0.2, 0.25) is 0 Å². The molecule has 1 aliphatic rings. The summed E-state index contributed by atoms with van der Waals surface area (Å²) >= 11 is 0. The molecule has 0 aliphatic carbocycles. The third kappa shape index (κ3) is 4.35. The maximum atomic E-state index is 12.5. The van der Waals surface area contributed by atoms with Crippen LogP contribution in [0.1, 0.15) is 22.0 Å². The fourth-order valence-electron chi connectivity index (χ4n) is 3.54. The molecule has 3 aromatic carbocycles. The van der Waals surface area contributed by atoms with Crippen LogP contribution in [0.25, 0.3) is 10.8 Å². The van der Waals surface area contributed by atoms with Crippen molar-refractivity contribution in [3.63, 3.8) is 0 Å². The Balaban J connectivity index is 1.30. The standard InChI is InChI=1S/C23H24N2O2/c26-23(21-11-10-18-6-4-5-9-20(18)16-21)24-12-13-25-14-15-27-22(17-25)19-7-2-1-3-8-19/h1-11,16,22H,12-15,17H2,(H,24,26)/t22-/m1/s1. The third-order valence-electron chi connectivity index (χ3n) is 5.05. The lowest BCUT2D eigenvalue weighted by atomic mass is 10.1. The van der Waals surface area contributed by atoms with E-state index in [0.717, 1.165) is 37.0 Å². The number of fused-ring (bicyclic) bond motifs is 1. The lowest BCUT2D eigenvalue weighted by molar-refractivity contribution is -0.0293. The molecule has 27 heavy (non-hydrogen) atoms. The summed E-state index contributed by atoms with van der Waals surface area (Å²) < 4.78 is 5.90. The summed E-state index contributed by atoms with van der Waals surface area (Å²) in [7, 11) is 0. The lowest BCUT2D eigenvalue weighted by Crippen LogP contribution is -2.42. The number of nitrogens with one attached hydrogen (secondary N) is 1. The van der Waals surface area contributed by atoms with E-state index in [1.54, 1.807) is 0 Å². The topological polar surface area (TPSA) is 41.6 Å². The molecule has 0 radical (unpaired) electrons. The van der Waals surface area contributed by atoms with Gasteiger partial charge in [-0.3, -0.25) is 9.69 Å². The van der Waals surface area contributed by atoms with Gasteiger partial charge in [0.25, 0.3) is 5.91 Å². The van der Waals surface area contributed by atoms with Gasteiger partial charge in [-0.1, -0.05) is 60.7 Å². The Morgan fingerprint density at radius 3 is 2.63 bits per heavy atom. The average Bonchev–Trinajstić information content (AvgIpc) is 2.74. The first-order valence-electron chi connectivity index (χ1n) is 9.45. The monoisotopic (exact) mass is 360 g/mol. The Kier molecular flexibility index (Phi) is 5.47. The molecule has 0 saturated carbocycles. The molecule has 0 bridgehead atoms. The number of nitrogens with zero attached hydrogens (tertiary/aromatic N) is 1. The van der Waals surface area contributed by atoms with Crippen LogP contribution < -0.4 is 5.32 Å². The molecule has 1 amide bonds. The van der Waals surface area contributed by atoms with E-state index >= 15 is 0 Å². The molecule has 138 valence electrons. The summed E-state index contributed by atoms with van der Waals surface area (Å²) in [6.45, 7) is 3.93. The largest absolute Gasteiger partial charge is 0.371 e. The van der Waals surface area contributed by atoms with Crippen LogP contribution in [0.15, 0.2) is 72.8 Å². The first kappa shape index (κ1) is 17.7. The van der Waals surface area contributed by atoms with Crippen LogP contribution in [0.2, 0.25) is 0 Å². The van der Waals surface area contributed by atoms with Crippen molar-refractivity contribution in [3.05, 3.63) is 83.9 Å². The van der Waals surface area contributed by atoms with Gasteiger partial charge in [0.15, 0.2) is 0 Å². The highest BCUT2D eigenvalue weighted by atomic mass is 16.5. The molecule has 1 heterocycles. The van der Waals surface area contributed by atoms with E-state index < -0.39 is 0 Å². The Hall–Kier alpha value is -2.69. The van der Waals surface area contributed by atoms with Gasteiger partial charge in [-0.25, -0.2) is 0 Å². The second kappa shape index (κ2) is 8.33. The minimum atomic E-state index is -0.0198. The zero-order valence-corrected chi connectivity index (χ0v) is 15.3. The minimum absolute atomic E-state index is 0.0198. The number of hydrogen-bond acceptors (Lipinski definition) is 3. The van der Waals surface area contributed by atoms with Crippen molar-refractivity contribution < 1.29 is 9.53 Å². The molecule has 0 unspecified atom stereocenters. The normalized spacial score (nSPS) is 17.7. The minimum Gasteiger partial charge on any atom is -0.371 e. The van der Waals surface area contributed by atoms with Crippen LogP contribution in [-0.2, 0) is 4.74 Å². The quantitative estimate of drug-likeness (QED) is 0.755. The molecule has 0 spiro atoms. The van der Waals surface area contributed by atoms with Gasteiger partial charge in [0.1, 0.15) is 0 Å². The SMILES string of the molecule is O=C(NCCN1CCO[C@@H](c2ccccc2)C1)c1ccc2ccccc2c1. The summed E-state index contributed by atoms with van der Waals surface area (Å²) in [6.07, 6.45) is 0.108. The summed E-state index contributed by atoms with van der Waals surface area (Å²) in [6, 6.07) is 24.2. The summed E-state index contributed by atoms with van der Waals surface area (Å²) in [5.41, 5.74) is 1.92. The van der Waals surface area contributed by atoms with Crippen molar-refractivity contribution in [2.75, 3.05) is 32.8 Å². The van der Waals surface area contributed by atoms with E-state index in [1.165, 1.54) is 5.56 Å². The summed E-state index contributed by atoms with van der Waals surface area (Å²) in [5, 5.41) is 5.28. The average molecular weight is 360 g/mol. The number of carbonyl (C=O) groups is 1. The van der Waals surface area contributed by atoms with Crippen molar-refractivity contribution in [2.24, 2.45) is 0 Å². The number of benzene rings is 3. The first-order valence-corrected chi connectivity index (χ1v) is 9.45. The van der Waals surface area contributed by atoms with Gasteiger partial charge >= 0.3 is 0 Å². The number of morpholine rings is 1. The summed E-state index contributed by atoms with van der Waals surface area (Å²) in [5.74, 6) is -0.0198. The number of rotatable bonds is 5. The van der Waals surface area contributed by atoms with E-state index in [2.05, 4.69) is 28.4 Å². The molecule has 4 nitrogen and oxygen atoms in total. The van der Waals surface area contributed by atoms with E-state index in [0.29, 0.717) is 12.1 Å². The van der Waals surface area contributed by atoms with Crippen molar-refractivity contribution in [1.29, 1.82) is 0 Å². The Morgan fingerprint density at radius 2 is 1.78 bits per heavy atom. The Bertz CT molecular complexity index is 910. The van der Waals surface area contributed by atoms with Gasteiger partial charge in [-0.2, -0.15) is 0 Å². The van der Waals surface area contributed by atoms with E-state index in [1.807, 2.05) is 54.6 Å². The second-order valence-corrected chi connectivity index (χ2v) is 6.89. The van der Waals surface area contributed by atoms with Gasteiger partial charge in [-0.05, 0) is 28.5 Å². The Morgan fingerprint density at radius 1 is 1.00 bits per heavy atom. The highest BCUT2D eigenvalue weighted by Crippen LogP contribution is 2.21. The number of ether oxygens (including phenoxy) is 1. The molecule has 4 rings (SSSR count). The maximum absolute atomic E-state index is 12.5. The summed E-state index contributed by atoms with van der Waals surface area (Å²) in [4.78, 5) is 14.8. The highest BCUT2D eigenvalue weighted by Gasteiger charge is 2.21. The van der Waals surface area contributed by atoms with Crippen LogP contribution in [0.3, 0.4) is 0 Å². The lowest BCUT2D eigenvalue weighted by Gasteiger charge is -2.33. The zero-order valence-electron chi connectivity index (χ0n) is 15.3. The van der Waals surface area contributed by atoms with Crippen molar-refractivity contribution in [1.82, 2.24) is 10.2 Å². The highest BCUT2D eigenvalue weighted by molar-refractivity contribution is 5.98. The zero-order chi connectivity index (χ0) is 18.5. The van der Waals surface area contributed by atoms with Crippen LogP contribution >= 0.6 is 0 Å². The molecular formula is C23H24N2O2.